The van der Waals surface area contributed by atoms with Crippen molar-refractivity contribution < 1.29 is 53.6 Å². The Kier molecular flexibility index (Phi) is 18.9. The predicted octanol–water partition coefficient (Wildman–Crippen LogP) is 6.28. The van der Waals surface area contributed by atoms with Crippen LogP contribution in [0, 0.1) is 18.8 Å². The van der Waals surface area contributed by atoms with Crippen LogP contribution in [0.25, 0.3) is 43.4 Å². The lowest BCUT2D eigenvalue weighted by Crippen LogP contribution is -2.40. The molecule has 1 saturated carbocycles. The first-order chi connectivity index (χ1) is 40.8. The predicted molar refractivity (Wildman–Crippen MR) is 320 cm³/mol. The quantitative estimate of drug-likeness (QED) is 0.0637. The average molecular weight is 1270 g/mol. The Morgan fingerprint density at radius 2 is 1.44 bits per heavy atom. The van der Waals surface area contributed by atoms with E-state index in [1.165, 1.54) is 48.2 Å². The Morgan fingerprint density at radius 1 is 0.718 bits per heavy atom. The standard InChI is InChI=1S/C54H56N14O11S6/c1-22(2)38-52-68-41(34(85-52)17-78-5)45(73)57-16-37(70)65-42(43(71)24-9-7-6-8-10-24)51-62-32(20-82-51)49-60-30(18-81-49)40-26(11-12-28(58-40)48-63-35(21-83-48)64-54(77)79-33-14-25(53(75)76)13-27(33)55)47-61-31(19-80-47)44(72)59-29(15-36(69)56-4)50-67-39(23(3)84-50)46(74)66-38/h6-12,18-22,25,27,29,33,38,42-43,53,71,75-76H,13-17,55H2,1-5H3,(H,56,69)(H,57,73)(H,59,72)(H,64,77)(H,65,70)(H,66,74)/t25-,27-,29-,33-,38-,42-,43-/m0/s1. The summed E-state index contributed by atoms with van der Waals surface area (Å²) in [5.41, 5.74) is 8.66. The monoisotopic (exact) mass is 1270 g/mol. The Morgan fingerprint density at radius 3 is 2.18 bits per heavy atom. The highest BCUT2D eigenvalue weighted by molar-refractivity contribution is 7.15. The minimum atomic E-state index is -1.59. The maximum absolute atomic E-state index is 14.3. The summed E-state index contributed by atoms with van der Waals surface area (Å²) in [4.78, 5) is 117. The Balaban J connectivity index is 1.02. The van der Waals surface area contributed by atoms with Gasteiger partial charge in [0.2, 0.25) is 11.8 Å². The van der Waals surface area contributed by atoms with Crippen molar-refractivity contribution in [1.29, 1.82) is 0 Å². The van der Waals surface area contributed by atoms with E-state index in [-0.39, 0.29) is 59.7 Å². The van der Waals surface area contributed by atoms with Gasteiger partial charge in [0, 0.05) is 58.1 Å². The smallest absolute Gasteiger partial charge is 0.413 e. The zero-order chi connectivity index (χ0) is 60.2. The Bertz CT molecular complexity index is 3770. The van der Waals surface area contributed by atoms with Gasteiger partial charge in [-0.1, -0.05) is 44.2 Å². The van der Waals surface area contributed by atoms with Gasteiger partial charge in [-0.15, -0.1) is 68.0 Å². The van der Waals surface area contributed by atoms with Gasteiger partial charge in [-0.05, 0) is 43.4 Å². The molecule has 0 saturated heterocycles. The summed E-state index contributed by atoms with van der Waals surface area (Å²) in [5, 5.41) is 56.8. The SMILES string of the molecule is CNC(=O)C[C@@H]1NC(=O)c2csc(n2)-c2ccc(-c3nc(NC(=O)O[C@H]4C[C@@H](C(O)O)C[C@@H]4N)cs3)nc2-c2csc(n2)-c2csc(n2)[C@H]([C@@H](O)c2ccccc2)NC(=O)CNC(=O)c2nc(sc2COC)[C@H](C(C)C)NC(=O)c2nc1sc2C. The summed E-state index contributed by atoms with van der Waals surface area (Å²) >= 11 is 7.06. The Labute approximate surface area is 509 Å². The highest BCUT2D eigenvalue weighted by Crippen LogP contribution is 2.40. The van der Waals surface area contributed by atoms with Crippen LogP contribution in [-0.2, 0) is 25.7 Å². The van der Waals surface area contributed by atoms with E-state index in [2.05, 4.69) is 46.9 Å². The number of pyridine rings is 1. The van der Waals surface area contributed by atoms with Crippen LogP contribution in [0.2, 0.25) is 0 Å². The first-order valence-electron chi connectivity index (χ1n) is 26.4. The summed E-state index contributed by atoms with van der Waals surface area (Å²) in [6.07, 6.45) is -4.24. The van der Waals surface area contributed by atoms with Crippen molar-refractivity contribution in [3.8, 4) is 43.4 Å². The molecular formula is C54H56N14O11S6. The van der Waals surface area contributed by atoms with Gasteiger partial charge < -0.3 is 57.1 Å². The van der Waals surface area contributed by atoms with Crippen molar-refractivity contribution in [2.45, 2.75) is 89.3 Å². The van der Waals surface area contributed by atoms with Gasteiger partial charge in [-0.2, -0.15) is 0 Å². The number of aliphatic hydroxyl groups excluding tert-OH is 2. The molecule has 31 heteroatoms. The van der Waals surface area contributed by atoms with Crippen LogP contribution in [0.15, 0.2) is 64.0 Å². The maximum atomic E-state index is 14.3. The van der Waals surface area contributed by atoms with Crippen LogP contribution < -0.4 is 37.6 Å². The second-order valence-electron chi connectivity index (χ2n) is 20.1. The molecule has 0 unspecified atom stereocenters. The van der Waals surface area contributed by atoms with Gasteiger partial charge in [0.15, 0.2) is 6.29 Å². The minimum absolute atomic E-state index is 0.00441. The number of anilines is 1. The molecule has 444 valence electrons. The molecule has 7 atom stereocenters. The van der Waals surface area contributed by atoms with Gasteiger partial charge in [-0.25, -0.2) is 39.7 Å². The normalized spacial score (nSPS) is 19.8. The molecule has 8 heterocycles. The number of aryl methyl sites for hydroxylation is 1. The molecule has 10 rings (SSSR count). The van der Waals surface area contributed by atoms with Gasteiger partial charge in [0.1, 0.15) is 88.3 Å². The van der Waals surface area contributed by atoms with E-state index in [0.717, 1.165) is 34.0 Å². The fourth-order valence-electron chi connectivity index (χ4n) is 9.36. The van der Waals surface area contributed by atoms with Crippen LogP contribution in [0.4, 0.5) is 10.6 Å². The van der Waals surface area contributed by atoms with Gasteiger partial charge in [-0.3, -0.25) is 29.3 Å². The molecule has 0 spiro atoms. The molecule has 7 aromatic heterocycles. The largest absolute Gasteiger partial charge is 0.444 e. The lowest BCUT2D eigenvalue weighted by atomic mass is 10.0. The summed E-state index contributed by atoms with van der Waals surface area (Å²) in [6.45, 7) is 4.93. The van der Waals surface area contributed by atoms with Crippen LogP contribution in [-0.4, -0.2) is 125 Å². The van der Waals surface area contributed by atoms with Gasteiger partial charge >= 0.3 is 6.09 Å². The number of carbonyl (C=O) groups is 6. The number of aliphatic hydroxyl groups is 3. The van der Waals surface area contributed by atoms with E-state index in [0.29, 0.717) is 68.7 Å². The number of hydrogen-bond acceptors (Lipinski definition) is 25. The van der Waals surface area contributed by atoms with Crippen LogP contribution in [0.5, 0.6) is 0 Å². The molecule has 0 radical (unpaired) electrons. The van der Waals surface area contributed by atoms with Crippen molar-refractivity contribution in [3.05, 3.63) is 111 Å². The highest BCUT2D eigenvalue weighted by atomic mass is 32.1. The van der Waals surface area contributed by atoms with Crippen LogP contribution in [0.3, 0.4) is 0 Å². The van der Waals surface area contributed by atoms with E-state index < -0.39 is 90.8 Å². The second kappa shape index (κ2) is 26.5. The number of hydrogen-bond donors (Lipinski definition) is 10. The van der Waals surface area contributed by atoms with Crippen LogP contribution >= 0.6 is 68.0 Å². The number of nitrogens with zero attached hydrogens (tertiary/aromatic N) is 7. The van der Waals surface area contributed by atoms with E-state index >= 15 is 0 Å². The lowest BCUT2D eigenvalue weighted by Gasteiger charge is -2.23. The molecule has 2 aliphatic rings. The number of rotatable bonds is 11. The summed E-state index contributed by atoms with van der Waals surface area (Å²) < 4.78 is 11.0. The number of amides is 6. The highest BCUT2D eigenvalue weighted by Gasteiger charge is 2.38. The zero-order valence-electron chi connectivity index (χ0n) is 45.8. The molecule has 1 aromatic carbocycles. The maximum Gasteiger partial charge on any atom is 0.413 e. The van der Waals surface area contributed by atoms with Crippen molar-refractivity contribution >= 4 is 109 Å². The number of aromatic nitrogens is 7. The third-order valence-electron chi connectivity index (χ3n) is 13.7. The second-order valence-corrected chi connectivity index (χ2v) is 25.9. The molecule has 8 aromatic rings. The molecule has 6 amide bonds. The molecule has 1 aliphatic carbocycles. The Hall–Kier alpha value is -7.43. The molecule has 11 N–H and O–H groups in total. The van der Waals surface area contributed by atoms with Crippen molar-refractivity contribution in [3.63, 3.8) is 0 Å². The fourth-order valence-corrected chi connectivity index (χ4v) is 14.9. The average Bonchev–Trinajstić information content (AvgIpc) is 3.55. The van der Waals surface area contributed by atoms with Crippen molar-refractivity contribution in [2.75, 3.05) is 26.0 Å². The van der Waals surface area contributed by atoms with E-state index in [9.17, 15) is 44.1 Å². The topological polar surface area (TPSA) is 370 Å². The summed E-state index contributed by atoms with van der Waals surface area (Å²) in [5.74, 6) is -3.57. The molecule has 1 aliphatic heterocycles. The fraction of sp³-hybridized carbons (Fsp3) is 0.352. The van der Waals surface area contributed by atoms with Gasteiger partial charge in [0.25, 0.3) is 17.7 Å². The third kappa shape index (κ3) is 13.8. The molecule has 85 heavy (non-hydrogen) atoms. The van der Waals surface area contributed by atoms with Gasteiger partial charge in [0.05, 0.1) is 42.2 Å². The number of methoxy groups -OCH3 is 1. The number of ether oxygens (including phenoxy) is 2. The summed E-state index contributed by atoms with van der Waals surface area (Å²) in [7, 11) is 2.93. The van der Waals surface area contributed by atoms with Crippen molar-refractivity contribution in [2.24, 2.45) is 17.6 Å². The first-order valence-corrected chi connectivity index (χ1v) is 31.5. The summed E-state index contributed by atoms with van der Waals surface area (Å²) in [6, 6.07) is 8.77. The number of thiazole rings is 6. The van der Waals surface area contributed by atoms with Crippen LogP contribution in [0.1, 0.15) is 119 Å². The lowest BCUT2D eigenvalue weighted by molar-refractivity contribution is -0.122. The first kappa shape index (κ1) is 60.7. The van der Waals surface area contributed by atoms with Crippen molar-refractivity contribution in [1.82, 2.24) is 61.5 Å². The molecule has 25 nitrogen and oxygen atoms in total. The number of fused-ring (bicyclic) bond motifs is 14. The molecule has 10 bridgehead atoms. The molecule has 1 fully saturated rings. The zero-order valence-corrected chi connectivity index (χ0v) is 50.7. The third-order valence-corrected chi connectivity index (χ3v) is 19.5. The van der Waals surface area contributed by atoms with E-state index in [1.54, 1.807) is 70.9 Å². The molecular weight excluding hydrogens is 1210 g/mol. The number of carbonyl (C=O) groups excluding carboxylic acids is 6. The number of nitrogens with two attached hydrogens (primary N) is 1. The van der Waals surface area contributed by atoms with E-state index in [4.69, 9.17) is 35.1 Å². The number of benzene rings is 1. The number of nitrogens with one attached hydrogen (secondary N) is 6. The van der Waals surface area contributed by atoms with E-state index in [1.807, 2.05) is 13.8 Å². The minimum Gasteiger partial charge on any atom is -0.444 e.